The van der Waals surface area contributed by atoms with Crippen molar-refractivity contribution in [1.29, 1.82) is 0 Å². The summed E-state index contributed by atoms with van der Waals surface area (Å²) in [6, 6.07) is 7.95. The molecule has 2 atom stereocenters. The van der Waals surface area contributed by atoms with Gasteiger partial charge < -0.3 is 9.57 Å². The Balaban J connectivity index is 1.97. The van der Waals surface area contributed by atoms with Gasteiger partial charge in [-0.3, -0.25) is 0 Å². The molecule has 0 N–H and O–H groups in total. The molecule has 1 aromatic carbocycles. The van der Waals surface area contributed by atoms with Crippen LogP contribution < -0.4 is 0 Å². The van der Waals surface area contributed by atoms with Crippen LogP contribution in [-0.2, 0) is 29.0 Å². The van der Waals surface area contributed by atoms with Crippen LogP contribution in [0.25, 0.3) is 0 Å². The van der Waals surface area contributed by atoms with Crippen molar-refractivity contribution in [2.45, 2.75) is 29.2 Å². The Labute approximate surface area is 133 Å². The maximum atomic E-state index is 12.9. The van der Waals surface area contributed by atoms with Crippen LogP contribution in [0.15, 0.2) is 47.4 Å². The number of rotatable bonds is 2. The fourth-order valence-corrected chi connectivity index (χ4v) is 4.53. The van der Waals surface area contributed by atoms with Crippen LogP contribution in [0.4, 0.5) is 0 Å². The number of hydrogen-bond donors (Lipinski definition) is 0. The lowest BCUT2D eigenvalue weighted by Gasteiger charge is -2.38. The number of piperidine rings is 1. The predicted molar refractivity (Wildman–Crippen MR) is 78.5 cm³/mol. The summed E-state index contributed by atoms with van der Waals surface area (Å²) in [4.78, 5) is 28.5. The number of carbonyl (C=O) groups excluding carboxylic acids is 2. The molecule has 0 aromatic heterocycles. The highest BCUT2D eigenvalue weighted by Gasteiger charge is 2.45. The van der Waals surface area contributed by atoms with E-state index in [0.29, 0.717) is 19.4 Å². The van der Waals surface area contributed by atoms with E-state index in [1.807, 2.05) is 0 Å². The van der Waals surface area contributed by atoms with Crippen molar-refractivity contribution in [3.05, 3.63) is 42.5 Å². The normalized spacial score (nSPS) is 27.1. The van der Waals surface area contributed by atoms with Crippen LogP contribution in [-0.4, -0.2) is 43.4 Å². The van der Waals surface area contributed by atoms with E-state index < -0.39 is 33.3 Å². The van der Waals surface area contributed by atoms with Gasteiger partial charge in [0.2, 0.25) is 6.23 Å². The minimum absolute atomic E-state index is 0.145. The van der Waals surface area contributed by atoms with E-state index in [4.69, 9.17) is 9.57 Å². The monoisotopic (exact) mass is 337 g/mol. The summed E-state index contributed by atoms with van der Waals surface area (Å²) >= 11 is 0. The first kappa shape index (κ1) is 15.7. The number of carbonyl (C=O) groups is 2. The number of sulfone groups is 1. The zero-order chi connectivity index (χ0) is 16.4. The molecule has 1 fully saturated rings. The van der Waals surface area contributed by atoms with E-state index in [9.17, 15) is 18.0 Å². The third-order valence-corrected chi connectivity index (χ3v) is 5.93. The lowest BCUT2D eigenvalue weighted by atomic mass is 10.1. The highest BCUT2D eigenvalue weighted by Crippen LogP contribution is 2.30. The van der Waals surface area contributed by atoms with Crippen molar-refractivity contribution < 1.29 is 27.6 Å². The third-order valence-electron chi connectivity index (χ3n) is 3.74. The topological polar surface area (TPSA) is 90.0 Å². The maximum absolute atomic E-state index is 12.9. The van der Waals surface area contributed by atoms with Gasteiger partial charge in [-0.1, -0.05) is 23.3 Å². The van der Waals surface area contributed by atoms with Crippen molar-refractivity contribution in [1.82, 2.24) is 5.06 Å². The lowest BCUT2D eigenvalue weighted by Crippen LogP contribution is -2.54. The number of nitrogens with zero attached hydrogens (tertiary/aromatic N) is 1. The first-order valence-electron chi connectivity index (χ1n) is 7.15. The number of ether oxygens (including phenoxy) is 1. The van der Waals surface area contributed by atoms with Crippen LogP contribution in [0.1, 0.15) is 12.8 Å². The first-order valence-corrected chi connectivity index (χ1v) is 8.69. The number of hydrogen-bond acceptors (Lipinski definition) is 7. The summed E-state index contributed by atoms with van der Waals surface area (Å²) < 4.78 is 30.9. The molecule has 23 heavy (non-hydrogen) atoms. The molecule has 3 rings (SSSR count). The molecule has 2 heterocycles. The highest BCUT2D eigenvalue weighted by molar-refractivity contribution is 7.92. The molecule has 122 valence electrons. The summed E-state index contributed by atoms with van der Waals surface area (Å²) in [6.45, 7) is 0.304. The average Bonchev–Trinajstić information content (AvgIpc) is 2.54. The first-order chi connectivity index (χ1) is 11.0. The second kappa shape index (κ2) is 6.13. The molecule has 0 aliphatic carbocycles. The van der Waals surface area contributed by atoms with Gasteiger partial charge in [0.05, 0.1) is 4.90 Å². The highest BCUT2D eigenvalue weighted by atomic mass is 32.2. The van der Waals surface area contributed by atoms with Crippen molar-refractivity contribution in [3.8, 4) is 0 Å². The van der Waals surface area contributed by atoms with Crippen molar-refractivity contribution >= 4 is 21.8 Å². The van der Waals surface area contributed by atoms with Crippen molar-refractivity contribution in [2.75, 3.05) is 6.54 Å². The molecule has 2 aliphatic rings. The second-order valence-electron chi connectivity index (χ2n) is 5.25. The summed E-state index contributed by atoms with van der Waals surface area (Å²) in [5, 5.41) is 0.139. The fraction of sp³-hybridized carbons (Fsp3) is 0.333. The lowest BCUT2D eigenvalue weighted by molar-refractivity contribution is -0.245. The predicted octanol–water partition coefficient (Wildman–Crippen LogP) is 0.822. The van der Waals surface area contributed by atoms with Crippen LogP contribution in [0.5, 0.6) is 0 Å². The second-order valence-corrected chi connectivity index (χ2v) is 7.42. The SMILES string of the molecule is O=C1/C=C\C(=O)ON2CCCC(S(=O)(=O)c3ccccc3)C2O1. The van der Waals surface area contributed by atoms with Gasteiger partial charge in [-0.25, -0.2) is 18.0 Å². The zero-order valence-electron chi connectivity index (χ0n) is 12.1. The van der Waals surface area contributed by atoms with E-state index in [-0.39, 0.29) is 4.90 Å². The molecular weight excluding hydrogens is 322 g/mol. The average molecular weight is 337 g/mol. The number of esters is 1. The number of benzene rings is 1. The summed E-state index contributed by atoms with van der Waals surface area (Å²) in [6.07, 6.45) is 1.54. The largest absolute Gasteiger partial charge is 0.439 e. The molecule has 1 aromatic rings. The van der Waals surface area contributed by atoms with E-state index >= 15 is 0 Å². The minimum atomic E-state index is -3.74. The Morgan fingerprint density at radius 2 is 1.74 bits per heavy atom. The summed E-state index contributed by atoms with van der Waals surface area (Å²) in [7, 11) is -3.74. The zero-order valence-corrected chi connectivity index (χ0v) is 12.9. The van der Waals surface area contributed by atoms with Crippen LogP contribution in [0.3, 0.4) is 0 Å². The van der Waals surface area contributed by atoms with E-state index in [1.54, 1.807) is 18.2 Å². The number of fused-ring (bicyclic) bond motifs is 1. The Bertz CT molecular complexity index is 742. The molecule has 0 amide bonds. The molecule has 0 bridgehead atoms. The van der Waals surface area contributed by atoms with Gasteiger partial charge in [-0.15, -0.1) is 0 Å². The van der Waals surface area contributed by atoms with Gasteiger partial charge >= 0.3 is 11.9 Å². The third kappa shape index (κ3) is 3.13. The molecule has 0 spiro atoms. The minimum Gasteiger partial charge on any atom is -0.439 e. The molecule has 0 radical (unpaired) electrons. The molecule has 2 aliphatic heterocycles. The quantitative estimate of drug-likeness (QED) is 0.738. The Morgan fingerprint density at radius 1 is 1.04 bits per heavy atom. The summed E-state index contributed by atoms with van der Waals surface area (Å²) in [5.41, 5.74) is 0. The van der Waals surface area contributed by atoms with Gasteiger partial charge in [0.25, 0.3) is 0 Å². The molecular formula is C15H15NO6S. The van der Waals surface area contributed by atoms with Crippen LogP contribution >= 0.6 is 0 Å². The van der Waals surface area contributed by atoms with Gasteiger partial charge in [0.1, 0.15) is 5.25 Å². The maximum Gasteiger partial charge on any atom is 0.350 e. The Kier molecular flexibility index (Phi) is 4.18. The Hall–Kier alpha value is -2.19. The standard InChI is InChI=1S/C15H15NO6S/c17-13-8-9-14(18)22-16-10-4-7-12(15(16)21-13)23(19,20)11-5-2-1-3-6-11/h1-3,5-6,8-9,12,15H,4,7,10H2/b9-8-. The Morgan fingerprint density at radius 3 is 2.48 bits per heavy atom. The van der Waals surface area contributed by atoms with Crippen molar-refractivity contribution in [2.24, 2.45) is 0 Å². The van der Waals surface area contributed by atoms with E-state index in [0.717, 1.165) is 17.2 Å². The van der Waals surface area contributed by atoms with E-state index in [1.165, 1.54) is 12.1 Å². The van der Waals surface area contributed by atoms with Crippen LogP contribution in [0.2, 0.25) is 0 Å². The molecule has 0 saturated carbocycles. The number of hydroxylamine groups is 2. The molecule has 2 unspecified atom stereocenters. The van der Waals surface area contributed by atoms with Gasteiger partial charge in [0, 0.05) is 18.7 Å². The van der Waals surface area contributed by atoms with Gasteiger partial charge in [-0.05, 0) is 25.0 Å². The van der Waals surface area contributed by atoms with Gasteiger partial charge in [-0.2, -0.15) is 0 Å². The van der Waals surface area contributed by atoms with E-state index in [2.05, 4.69) is 0 Å². The summed E-state index contributed by atoms with van der Waals surface area (Å²) in [5.74, 6) is -1.50. The van der Waals surface area contributed by atoms with Gasteiger partial charge in [0.15, 0.2) is 9.84 Å². The molecule has 8 heteroatoms. The van der Waals surface area contributed by atoms with Crippen LogP contribution in [0, 0.1) is 0 Å². The smallest absolute Gasteiger partial charge is 0.350 e. The fourth-order valence-electron chi connectivity index (χ4n) is 2.67. The molecule has 1 saturated heterocycles. The molecule has 7 nitrogen and oxygen atoms in total. The van der Waals surface area contributed by atoms with Crippen molar-refractivity contribution in [3.63, 3.8) is 0 Å².